The number of alkyl carbamates (subject to hydrolysis) is 1. The molecule has 1 fully saturated rings. The molecule has 0 aromatic rings. The van der Waals surface area contributed by atoms with Crippen molar-refractivity contribution in [3.8, 4) is 0 Å². The van der Waals surface area contributed by atoms with E-state index >= 15 is 0 Å². The molecule has 0 aromatic carbocycles. The number of carbonyl (C=O) groups is 2. The lowest BCUT2D eigenvalue weighted by molar-refractivity contribution is -0.138. The highest BCUT2D eigenvalue weighted by atomic mass is 32.2. The molecule has 0 spiro atoms. The lowest BCUT2D eigenvalue weighted by Gasteiger charge is -2.21. The SMILES string of the molecule is CCCC(CCC)S(=O)(=O)C[C@H](NC(=O)OC1CCCC1)C(=O)O. The van der Waals surface area contributed by atoms with E-state index in [9.17, 15) is 23.1 Å². The largest absolute Gasteiger partial charge is 0.480 e. The standard InChI is InChI=1S/C16H29NO6S/c1-3-7-13(8-4-2)24(21,22)11-14(15(18)19)17-16(20)23-12-9-5-6-10-12/h12-14H,3-11H2,1-2H3,(H,17,20)(H,18,19)/t14-/m0/s1. The Balaban J connectivity index is 2.69. The van der Waals surface area contributed by atoms with Gasteiger partial charge in [0.2, 0.25) is 0 Å². The van der Waals surface area contributed by atoms with E-state index in [4.69, 9.17) is 4.74 Å². The molecule has 0 radical (unpaired) electrons. The number of hydrogen-bond acceptors (Lipinski definition) is 5. The predicted octanol–water partition coefficient (Wildman–Crippen LogP) is 2.49. The van der Waals surface area contributed by atoms with Crippen LogP contribution in [0.5, 0.6) is 0 Å². The molecule has 0 heterocycles. The van der Waals surface area contributed by atoms with E-state index in [1.165, 1.54) is 0 Å². The second-order valence-electron chi connectivity index (χ2n) is 6.38. The number of carboxylic acids is 1. The zero-order chi connectivity index (χ0) is 18.2. The van der Waals surface area contributed by atoms with Gasteiger partial charge in [-0.2, -0.15) is 0 Å². The average molecular weight is 363 g/mol. The highest BCUT2D eigenvalue weighted by Gasteiger charge is 2.33. The summed E-state index contributed by atoms with van der Waals surface area (Å²) >= 11 is 0. The smallest absolute Gasteiger partial charge is 0.408 e. The molecule has 0 bridgehead atoms. The van der Waals surface area contributed by atoms with Crippen LogP contribution in [-0.2, 0) is 19.4 Å². The molecule has 1 atom stereocenters. The third-order valence-electron chi connectivity index (χ3n) is 4.29. The van der Waals surface area contributed by atoms with Gasteiger partial charge in [-0.05, 0) is 38.5 Å². The number of nitrogens with one attached hydrogen (secondary N) is 1. The first-order valence-electron chi connectivity index (χ1n) is 8.71. The minimum atomic E-state index is -3.61. The topological polar surface area (TPSA) is 110 Å². The quantitative estimate of drug-likeness (QED) is 0.617. The van der Waals surface area contributed by atoms with E-state index in [1.54, 1.807) is 0 Å². The molecule has 0 unspecified atom stereocenters. The first-order valence-corrected chi connectivity index (χ1v) is 10.4. The van der Waals surface area contributed by atoms with Gasteiger partial charge in [-0.15, -0.1) is 0 Å². The predicted molar refractivity (Wildman–Crippen MR) is 90.7 cm³/mol. The molecule has 1 saturated carbocycles. The normalized spacial score (nSPS) is 17.0. The molecule has 2 N–H and O–H groups in total. The molecule has 8 heteroatoms. The van der Waals surface area contributed by atoms with Gasteiger partial charge in [0.1, 0.15) is 12.1 Å². The van der Waals surface area contributed by atoms with Crippen molar-refractivity contribution < 1.29 is 27.9 Å². The monoisotopic (exact) mass is 363 g/mol. The zero-order valence-corrected chi connectivity index (χ0v) is 15.3. The van der Waals surface area contributed by atoms with Crippen LogP contribution in [0.3, 0.4) is 0 Å². The minimum absolute atomic E-state index is 0.205. The molecule has 1 rings (SSSR count). The highest BCUT2D eigenvalue weighted by Crippen LogP contribution is 2.21. The van der Waals surface area contributed by atoms with E-state index in [0.717, 1.165) is 25.7 Å². The number of aliphatic carboxylic acids is 1. The van der Waals surface area contributed by atoms with Crippen LogP contribution in [0.15, 0.2) is 0 Å². The van der Waals surface area contributed by atoms with Crippen LogP contribution >= 0.6 is 0 Å². The first-order chi connectivity index (χ1) is 11.3. The van der Waals surface area contributed by atoms with Crippen molar-refractivity contribution in [3.05, 3.63) is 0 Å². The van der Waals surface area contributed by atoms with Crippen LogP contribution in [-0.4, -0.2) is 48.7 Å². The van der Waals surface area contributed by atoms with Gasteiger partial charge < -0.3 is 15.2 Å². The first kappa shape index (κ1) is 20.7. The molecule has 1 amide bonds. The number of amides is 1. The Bertz CT molecular complexity index is 507. The Morgan fingerprint density at radius 2 is 1.71 bits per heavy atom. The molecular formula is C16H29NO6S. The summed E-state index contributed by atoms with van der Waals surface area (Å²) in [4.78, 5) is 23.2. The van der Waals surface area contributed by atoms with Gasteiger partial charge in [0, 0.05) is 0 Å². The lowest BCUT2D eigenvalue weighted by Crippen LogP contribution is -2.47. The van der Waals surface area contributed by atoms with Gasteiger partial charge in [0.15, 0.2) is 9.84 Å². The van der Waals surface area contributed by atoms with Crippen LogP contribution in [0.25, 0.3) is 0 Å². The summed E-state index contributed by atoms with van der Waals surface area (Å²) in [5.74, 6) is -1.97. The van der Waals surface area contributed by atoms with E-state index in [-0.39, 0.29) is 6.10 Å². The van der Waals surface area contributed by atoms with Crippen LogP contribution in [0.1, 0.15) is 65.2 Å². The molecular weight excluding hydrogens is 334 g/mol. The van der Waals surface area contributed by atoms with Crippen molar-refractivity contribution in [3.63, 3.8) is 0 Å². The third kappa shape index (κ3) is 6.67. The molecule has 0 saturated heterocycles. The van der Waals surface area contributed by atoms with E-state index in [0.29, 0.717) is 25.7 Å². The maximum atomic E-state index is 12.5. The fourth-order valence-electron chi connectivity index (χ4n) is 3.02. The summed E-state index contributed by atoms with van der Waals surface area (Å²) in [5, 5.41) is 10.9. The second kappa shape index (κ2) is 9.86. The highest BCUT2D eigenvalue weighted by molar-refractivity contribution is 7.92. The summed E-state index contributed by atoms with van der Waals surface area (Å²) in [6, 6.07) is -1.49. The van der Waals surface area contributed by atoms with Crippen molar-refractivity contribution in [2.24, 2.45) is 0 Å². The minimum Gasteiger partial charge on any atom is -0.480 e. The molecule has 0 aliphatic heterocycles. The van der Waals surface area contributed by atoms with E-state index < -0.39 is 38.9 Å². The van der Waals surface area contributed by atoms with Crippen molar-refractivity contribution >= 4 is 21.9 Å². The molecule has 140 valence electrons. The Labute approximate surface area is 144 Å². The van der Waals surface area contributed by atoms with Gasteiger partial charge in [0.25, 0.3) is 0 Å². The van der Waals surface area contributed by atoms with Crippen LogP contribution in [0, 0.1) is 0 Å². The van der Waals surface area contributed by atoms with Gasteiger partial charge in [0.05, 0.1) is 11.0 Å². The number of hydrogen-bond donors (Lipinski definition) is 2. The average Bonchev–Trinajstić information content (AvgIpc) is 2.98. The van der Waals surface area contributed by atoms with Crippen molar-refractivity contribution in [2.45, 2.75) is 82.6 Å². The van der Waals surface area contributed by atoms with Crippen LogP contribution in [0.2, 0.25) is 0 Å². The second-order valence-corrected chi connectivity index (χ2v) is 8.70. The third-order valence-corrected chi connectivity index (χ3v) is 6.58. The Morgan fingerprint density at radius 3 is 2.17 bits per heavy atom. The molecule has 24 heavy (non-hydrogen) atoms. The summed E-state index contributed by atoms with van der Waals surface area (Å²) in [6.45, 7) is 3.79. The number of carbonyl (C=O) groups excluding carboxylic acids is 1. The fraction of sp³-hybridized carbons (Fsp3) is 0.875. The van der Waals surface area contributed by atoms with Crippen molar-refractivity contribution in [2.75, 3.05) is 5.75 Å². The maximum absolute atomic E-state index is 12.5. The summed E-state index contributed by atoms with van der Waals surface area (Å²) in [5.41, 5.74) is 0. The molecule has 7 nitrogen and oxygen atoms in total. The Morgan fingerprint density at radius 1 is 1.17 bits per heavy atom. The van der Waals surface area contributed by atoms with Crippen molar-refractivity contribution in [1.29, 1.82) is 0 Å². The Hall–Kier alpha value is -1.31. The summed E-state index contributed by atoms with van der Waals surface area (Å²) in [6.07, 6.45) is 4.82. The fourth-order valence-corrected chi connectivity index (χ4v) is 5.18. The van der Waals surface area contributed by atoms with Crippen LogP contribution < -0.4 is 5.32 Å². The van der Waals surface area contributed by atoms with Gasteiger partial charge in [-0.1, -0.05) is 26.7 Å². The number of ether oxygens (including phenoxy) is 1. The number of rotatable bonds is 10. The van der Waals surface area contributed by atoms with Crippen LogP contribution in [0.4, 0.5) is 4.79 Å². The maximum Gasteiger partial charge on any atom is 0.408 e. The van der Waals surface area contributed by atoms with Crippen molar-refractivity contribution in [1.82, 2.24) is 5.32 Å². The van der Waals surface area contributed by atoms with E-state index in [1.807, 2.05) is 13.8 Å². The van der Waals surface area contributed by atoms with Gasteiger partial charge in [-0.3, -0.25) is 0 Å². The lowest BCUT2D eigenvalue weighted by atomic mass is 10.2. The number of carboxylic acid groups (broad SMARTS) is 1. The van der Waals surface area contributed by atoms with Gasteiger partial charge >= 0.3 is 12.1 Å². The summed E-state index contributed by atoms with van der Waals surface area (Å²) < 4.78 is 30.1. The summed E-state index contributed by atoms with van der Waals surface area (Å²) in [7, 11) is -3.61. The molecule has 1 aliphatic rings. The van der Waals surface area contributed by atoms with Gasteiger partial charge in [-0.25, -0.2) is 18.0 Å². The molecule has 1 aliphatic carbocycles. The van der Waals surface area contributed by atoms with E-state index in [2.05, 4.69) is 5.32 Å². The Kier molecular flexibility index (Phi) is 8.52. The number of sulfone groups is 1. The molecule has 0 aromatic heterocycles. The zero-order valence-electron chi connectivity index (χ0n) is 14.5.